The van der Waals surface area contributed by atoms with E-state index in [0.29, 0.717) is 5.75 Å². The highest BCUT2D eigenvalue weighted by atomic mass is 16.5. The summed E-state index contributed by atoms with van der Waals surface area (Å²) in [5.41, 5.74) is 0.786. The molecule has 0 aliphatic rings. The van der Waals surface area contributed by atoms with Gasteiger partial charge in [-0.3, -0.25) is 0 Å². The standard InChI is InChI=1S/C15H13NO2/c1-17-15(11-16)12-6-5-9-14(10-12)18-13-7-3-2-4-8-13/h2-10,15H,1H3. The van der Waals surface area contributed by atoms with Crippen LogP contribution in [0.3, 0.4) is 0 Å². The molecule has 18 heavy (non-hydrogen) atoms. The molecular weight excluding hydrogens is 226 g/mol. The largest absolute Gasteiger partial charge is 0.457 e. The van der Waals surface area contributed by atoms with Crippen molar-refractivity contribution >= 4 is 0 Å². The Hall–Kier alpha value is -2.31. The van der Waals surface area contributed by atoms with Crippen molar-refractivity contribution < 1.29 is 9.47 Å². The van der Waals surface area contributed by atoms with Crippen molar-refractivity contribution in [1.82, 2.24) is 0 Å². The van der Waals surface area contributed by atoms with Gasteiger partial charge in [0, 0.05) is 7.11 Å². The summed E-state index contributed by atoms with van der Waals surface area (Å²) in [6.45, 7) is 0. The average Bonchev–Trinajstić information content (AvgIpc) is 2.42. The van der Waals surface area contributed by atoms with Gasteiger partial charge in [-0.1, -0.05) is 30.3 Å². The number of hydrogen-bond donors (Lipinski definition) is 0. The molecule has 0 aliphatic heterocycles. The third-order valence-corrected chi connectivity index (χ3v) is 2.49. The Bertz CT molecular complexity index is 546. The first-order chi connectivity index (χ1) is 8.83. The smallest absolute Gasteiger partial charge is 0.168 e. The van der Waals surface area contributed by atoms with Crippen molar-refractivity contribution in [2.24, 2.45) is 0 Å². The average molecular weight is 239 g/mol. The summed E-state index contributed by atoms with van der Waals surface area (Å²) in [5, 5.41) is 8.94. The molecule has 0 radical (unpaired) electrons. The molecule has 90 valence electrons. The fraction of sp³-hybridized carbons (Fsp3) is 0.133. The molecule has 0 amide bonds. The van der Waals surface area contributed by atoms with Crippen LogP contribution in [0.2, 0.25) is 0 Å². The minimum atomic E-state index is -0.565. The van der Waals surface area contributed by atoms with Crippen LogP contribution in [0.15, 0.2) is 54.6 Å². The molecule has 0 N–H and O–H groups in total. The molecule has 0 saturated heterocycles. The van der Waals surface area contributed by atoms with E-state index >= 15 is 0 Å². The normalized spacial score (nSPS) is 11.6. The summed E-state index contributed by atoms with van der Waals surface area (Å²) in [4.78, 5) is 0. The van der Waals surface area contributed by atoms with E-state index in [9.17, 15) is 0 Å². The number of nitriles is 1. The van der Waals surface area contributed by atoms with Gasteiger partial charge < -0.3 is 9.47 Å². The highest BCUT2D eigenvalue weighted by molar-refractivity contribution is 5.35. The van der Waals surface area contributed by atoms with Gasteiger partial charge in [-0.05, 0) is 29.8 Å². The minimum Gasteiger partial charge on any atom is -0.457 e. The van der Waals surface area contributed by atoms with Crippen molar-refractivity contribution in [3.05, 3.63) is 60.2 Å². The molecule has 1 unspecified atom stereocenters. The maximum Gasteiger partial charge on any atom is 0.168 e. The van der Waals surface area contributed by atoms with E-state index in [0.717, 1.165) is 11.3 Å². The minimum absolute atomic E-state index is 0.565. The zero-order valence-electron chi connectivity index (χ0n) is 10.0. The molecule has 3 nitrogen and oxygen atoms in total. The topological polar surface area (TPSA) is 42.2 Å². The van der Waals surface area contributed by atoms with Crippen LogP contribution >= 0.6 is 0 Å². The molecule has 3 heteroatoms. The summed E-state index contributed by atoms with van der Waals surface area (Å²) in [6.07, 6.45) is -0.565. The molecule has 2 rings (SSSR count). The van der Waals surface area contributed by atoms with Crippen molar-refractivity contribution in [1.29, 1.82) is 5.26 Å². The molecule has 2 aromatic rings. The zero-order valence-corrected chi connectivity index (χ0v) is 10.0. The quantitative estimate of drug-likeness (QED) is 0.817. The van der Waals surface area contributed by atoms with Gasteiger partial charge in [-0.15, -0.1) is 0 Å². The third kappa shape index (κ3) is 2.88. The van der Waals surface area contributed by atoms with Gasteiger partial charge in [-0.25, -0.2) is 0 Å². The van der Waals surface area contributed by atoms with E-state index in [-0.39, 0.29) is 0 Å². The Morgan fingerprint density at radius 1 is 1.00 bits per heavy atom. The van der Waals surface area contributed by atoms with Gasteiger partial charge >= 0.3 is 0 Å². The van der Waals surface area contributed by atoms with Gasteiger partial charge in [0.25, 0.3) is 0 Å². The number of ether oxygens (including phenoxy) is 2. The molecular formula is C15H13NO2. The van der Waals surface area contributed by atoms with Crippen LogP contribution in [0.25, 0.3) is 0 Å². The SMILES string of the molecule is COC(C#N)c1cccc(Oc2ccccc2)c1. The van der Waals surface area contributed by atoms with Crippen molar-refractivity contribution in [2.75, 3.05) is 7.11 Å². The predicted molar refractivity (Wildman–Crippen MR) is 68.3 cm³/mol. The lowest BCUT2D eigenvalue weighted by atomic mass is 10.1. The number of rotatable bonds is 4. The Morgan fingerprint density at radius 2 is 1.72 bits per heavy atom. The number of para-hydroxylation sites is 1. The second kappa shape index (κ2) is 5.85. The van der Waals surface area contributed by atoms with Gasteiger partial charge in [0.15, 0.2) is 6.10 Å². The van der Waals surface area contributed by atoms with E-state index in [1.807, 2.05) is 54.6 Å². The predicted octanol–water partition coefficient (Wildman–Crippen LogP) is 3.69. The Morgan fingerprint density at radius 3 is 2.39 bits per heavy atom. The highest BCUT2D eigenvalue weighted by Gasteiger charge is 2.09. The fourth-order valence-corrected chi connectivity index (χ4v) is 1.63. The Balaban J connectivity index is 2.20. The molecule has 0 aliphatic carbocycles. The summed E-state index contributed by atoms with van der Waals surface area (Å²) in [7, 11) is 1.51. The molecule has 0 fully saturated rings. The van der Waals surface area contributed by atoms with Crippen LogP contribution in [-0.4, -0.2) is 7.11 Å². The Kier molecular flexibility index (Phi) is 3.95. The van der Waals surface area contributed by atoms with E-state index < -0.39 is 6.10 Å². The first-order valence-electron chi connectivity index (χ1n) is 5.59. The van der Waals surface area contributed by atoms with Gasteiger partial charge in [-0.2, -0.15) is 5.26 Å². The maximum absolute atomic E-state index is 8.94. The molecule has 1 atom stereocenters. The lowest BCUT2D eigenvalue weighted by Crippen LogP contribution is -1.98. The molecule has 0 spiro atoms. The maximum atomic E-state index is 8.94. The van der Waals surface area contributed by atoms with Crippen LogP contribution in [0.1, 0.15) is 11.7 Å². The Labute approximate surface area is 106 Å². The van der Waals surface area contributed by atoms with Crippen LogP contribution in [0.4, 0.5) is 0 Å². The van der Waals surface area contributed by atoms with E-state index in [2.05, 4.69) is 6.07 Å². The summed E-state index contributed by atoms with van der Waals surface area (Å²) in [5.74, 6) is 1.46. The molecule has 0 aromatic heterocycles. The van der Waals surface area contributed by atoms with Crippen molar-refractivity contribution in [3.8, 4) is 17.6 Å². The van der Waals surface area contributed by atoms with E-state index in [1.54, 1.807) is 0 Å². The van der Waals surface area contributed by atoms with E-state index in [1.165, 1.54) is 7.11 Å². The number of methoxy groups -OCH3 is 1. The van der Waals surface area contributed by atoms with Gasteiger partial charge in [0.1, 0.15) is 11.5 Å². The van der Waals surface area contributed by atoms with Crippen LogP contribution in [0, 0.1) is 11.3 Å². The number of hydrogen-bond acceptors (Lipinski definition) is 3. The summed E-state index contributed by atoms with van der Waals surface area (Å²) >= 11 is 0. The first kappa shape index (κ1) is 12.2. The van der Waals surface area contributed by atoms with Gasteiger partial charge in [0.05, 0.1) is 6.07 Å². The monoisotopic (exact) mass is 239 g/mol. The summed E-state index contributed by atoms with van der Waals surface area (Å²) in [6, 6.07) is 18.9. The molecule has 0 bridgehead atoms. The molecule has 2 aromatic carbocycles. The van der Waals surface area contributed by atoms with E-state index in [4.69, 9.17) is 14.7 Å². The zero-order chi connectivity index (χ0) is 12.8. The fourth-order valence-electron chi connectivity index (χ4n) is 1.63. The second-order valence-electron chi connectivity index (χ2n) is 3.73. The lowest BCUT2D eigenvalue weighted by molar-refractivity contribution is 0.148. The molecule has 0 saturated carbocycles. The van der Waals surface area contributed by atoms with Gasteiger partial charge in [0.2, 0.25) is 0 Å². The van der Waals surface area contributed by atoms with Crippen molar-refractivity contribution in [2.45, 2.75) is 6.10 Å². The molecule has 0 heterocycles. The van der Waals surface area contributed by atoms with Crippen molar-refractivity contribution in [3.63, 3.8) is 0 Å². The van der Waals surface area contributed by atoms with Crippen LogP contribution in [0.5, 0.6) is 11.5 Å². The van der Waals surface area contributed by atoms with Crippen LogP contribution in [-0.2, 0) is 4.74 Å². The lowest BCUT2D eigenvalue weighted by Gasteiger charge is -2.10. The third-order valence-electron chi connectivity index (χ3n) is 2.49. The summed E-state index contributed by atoms with van der Waals surface area (Å²) < 4.78 is 10.8. The first-order valence-corrected chi connectivity index (χ1v) is 5.59. The highest BCUT2D eigenvalue weighted by Crippen LogP contribution is 2.25. The van der Waals surface area contributed by atoms with Crippen LogP contribution < -0.4 is 4.74 Å². The number of benzene rings is 2. The second-order valence-corrected chi connectivity index (χ2v) is 3.73. The number of nitrogens with zero attached hydrogens (tertiary/aromatic N) is 1.